The molecule has 2 nitrogen and oxygen atoms in total. The Balaban J connectivity index is 0.000000441. The number of carbonyl (C=O) groups excluding carboxylic acids is 1. The van der Waals surface area contributed by atoms with E-state index >= 15 is 0 Å². The zero-order valence-corrected chi connectivity index (χ0v) is 13.8. The van der Waals surface area contributed by atoms with E-state index in [0.29, 0.717) is 6.42 Å². The van der Waals surface area contributed by atoms with Gasteiger partial charge < -0.3 is 9.78 Å². The molecule has 0 spiro atoms. The third-order valence-electron chi connectivity index (χ3n) is 3.19. The Morgan fingerprint density at radius 1 is 1.15 bits per heavy atom. The Bertz CT molecular complexity index is 511. The highest BCUT2D eigenvalue weighted by Gasteiger charge is 2.03. The maximum absolute atomic E-state index is 9.40. The van der Waals surface area contributed by atoms with Crippen molar-refractivity contribution in [2.45, 2.75) is 60.8 Å². The highest BCUT2D eigenvalue weighted by Crippen LogP contribution is 2.22. The van der Waals surface area contributed by atoms with Gasteiger partial charge in [-0.2, -0.15) is 0 Å². The minimum Gasteiger partial charge on any atom is -0.358 e. The van der Waals surface area contributed by atoms with E-state index in [0.717, 1.165) is 19.1 Å². The number of H-pyrrole nitrogens is 1. The van der Waals surface area contributed by atoms with Gasteiger partial charge in [0.25, 0.3) is 0 Å². The van der Waals surface area contributed by atoms with Crippen LogP contribution in [0.25, 0.3) is 10.9 Å². The molecule has 2 heteroatoms. The lowest BCUT2D eigenvalue weighted by atomic mass is 10.1. The number of nitrogens with one attached hydrogen (secondary N) is 1. The van der Waals surface area contributed by atoms with Crippen LogP contribution >= 0.6 is 0 Å². The van der Waals surface area contributed by atoms with Crippen LogP contribution in [0, 0.1) is 13.8 Å². The van der Waals surface area contributed by atoms with Crippen LogP contribution in [0.1, 0.15) is 57.4 Å². The molecule has 0 radical (unpaired) electrons. The first-order valence-electron chi connectivity index (χ1n) is 7.65. The summed E-state index contributed by atoms with van der Waals surface area (Å²) in [6.07, 6.45) is 3.73. The van der Waals surface area contributed by atoms with E-state index < -0.39 is 0 Å². The van der Waals surface area contributed by atoms with Gasteiger partial charge in [-0.3, -0.25) is 0 Å². The second-order valence-electron chi connectivity index (χ2n) is 4.56. The summed E-state index contributed by atoms with van der Waals surface area (Å²) >= 11 is 0. The molecule has 1 N–H and O–H groups in total. The van der Waals surface area contributed by atoms with E-state index in [2.05, 4.69) is 44.0 Å². The van der Waals surface area contributed by atoms with Gasteiger partial charge in [0, 0.05) is 23.0 Å². The molecule has 0 bridgehead atoms. The molecule has 0 amide bonds. The molecule has 0 saturated carbocycles. The van der Waals surface area contributed by atoms with E-state index in [-0.39, 0.29) is 0 Å². The Hall–Kier alpha value is -1.57. The van der Waals surface area contributed by atoms with Gasteiger partial charge in [0.15, 0.2) is 0 Å². The summed E-state index contributed by atoms with van der Waals surface area (Å²) in [6.45, 7) is 12.5. The Morgan fingerprint density at radius 3 is 2.25 bits per heavy atom. The molecule has 2 aromatic rings. The van der Waals surface area contributed by atoms with Gasteiger partial charge in [-0.05, 0) is 49.9 Å². The van der Waals surface area contributed by atoms with Crippen molar-refractivity contribution in [3.05, 3.63) is 35.0 Å². The highest BCUT2D eigenvalue weighted by atomic mass is 16.1. The van der Waals surface area contributed by atoms with Crippen molar-refractivity contribution in [2.75, 3.05) is 0 Å². The maximum atomic E-state index is 9.40. The monoisotopic (exact) mass is 275 g/mol. The summed E-state index contributed by atoms with van der Waals surface area (Å²) in [7, 11) is 0. The van der Waals surface area contributed by atoms with Crippen molar-refractivity contribution in [2.24, 2.45) is 0 Å². The van der Waals surface area contributed by atoms with Crippen LogP contribution in [0.15, 0.2) is 18.2 Å². The molecule has 0 aliphatic heterocycles. The van der Waals surface area contributed by atoms with Gasteiger partial charge >= 0.3 is 0 Å². The van der Waals surface area contributed by atoms with E-state index in [4.69, 9.17) is 0 Å². The number of hydrogen-bond acceptors (Lipinski definition) is 1. The Kier molecular flexibility index (Phi) is 9.44. The van der Waals surface area contributed by atoms with Gasteiger partial charge in [0.1, 0.15) is 6.29 Å². The smallest absolute Gasteiger partial charge is 0.119 e. The van der Waals surface area contributed by atoms with Crippen molar-refractivity contribution < 1.29 is 4.79 Å². The van der Waals surface area contributed by atoms with Gasteiger partial charge in [0.05, 0.1) is 0 Å². The molecule has 0 unspecified atom stereocenters. The number of hydrogen-bond donors (Lipinski definition) is 1. The minimum atomic E-state index is 0.708. The van der Waals surface area contributed by atoms with E-state index in [1.807, 2.05) is 20.8 Å². The molecule has 0 atom stereocenters. The molecule has 0 aliphatic carbocycles. The highest BCUT2D eigenvalue weighted by molar-refractivity contribution is 5.84. The number of aldehydes is 1. The largest absolute Gasteiger partial charge is 0.358 e. The number of carbonyl (C=O) groups is 1. The topological polar surface area (TPSA) is 32.9 Å². The van der Waals surface area contributed by atoms with Crippen molar-refractivity contribution in [1.29, 1.82) is 0 Å². The van der Waals surface area contributed by atoms with Crippen LogP contribution in [0.5, 0.6) is 0 Å². The fourth-order valence-corrected chi connectivity index (χ4v) is 1.85. The van der Waals surface area contributed by atoms with Gasteiger partial charge in [-0.25, -0.2) is 0 Å². The van der Waals surface area contributed by atoms with E-state index in [1.165, 1.54) is 27.7 Å². The van der Waals surface area contributed by atoms with Crippen molar-refractivity contribution in [3.63, 3.8) is 0 Å². The van der Waals surface area contributed by atoms with Crippen LogP contribution in [-0.4, -0.2) is 11.3 Å². The molecule has 1 aromatic heterocycles. The summed E-state index contributed by atoms with van der Waals surface area (Å²) in [6, 6.07) is 6.65. The van der Waals surface area contributed by atoms with E-state index in [1.54, 1.807) is 0 Å². The lowest BCUT2D eigenvalue weighted by molar-refractivity contribution is -0.107. The first-order chi connectivity index (χ1) is 9.63. The predicted molar refractivity (Wildman–Crippen MR) is 89.5 cm³/mol. The summed E-state index contributed by atoms with van der Waals surface area (Å²) in [4.78, 5) is 12.8. The van der Waals surface area contributed by atoms with Crippen molar-refractivity contribution >= 4 is 17.2 Å². The SMILES string of the molecule is CC.CCCC=O.CCc1ccc2[nH]c(C)c(C)c2c1. The molecule has 1 heterocycles. The van der Waals surface area contributed by atoms with Crippen molar-refractivity contribution in [3.8, 4) is 0 Å². The van der Waals surface area contributed by atoms with Crippen LogP contribution < -0.4 is 0 Å². The number of benzene rings is 1. The second-order valence-corrected chi connectivity index (χ2v) is 4.56. The number of fused-ring (bicyclic) bond motifs is 1. The zero-order chi connectivity index (χ0) is 15.5. The summed E-state index contributed by atoms with van der Waals surface area (Å²) in [5.41, 5.74) is 5.33. The van der Waals surface area contributed by atoms with Crippen LogP contribution in [0.3, 0.4) is 0 Å². The quantitative estimate of drug-likeness (QED) is 0.752. The second kappa shape index (κ2) is 10.2. The van der Waals surface area contributed by atoms with Crippen molar-refractivity contribution in [1.82, 2.24) is 4.98 Å². The summed E-state index contributed by atoms with van der Waals surface area (Å²) in [5.74, 6) is 0. The van der Waals surface area contributed by atoms with Gasteiger partial charge in [-0.15, -0.1) is 0 Å². The number of aryl methyl sites for hydroxylation is 3. The first kappa shape index (κ1) is 18.4. The maximum Gasteiger partial charge on any atom is 0.119 e. The molecule has 20 heavy (non-hydrogen) atoms. The number of rotatable bonds is 3. The molecule has 0 saturated heterocycles. The third kappa shape index (κ3) is 5.20. The normalized spacial score (nSPS) is 9.30. The van der Waals surface area contributed by atoms with Crippen LogP contribution in [-0.2, 0) is 11.2 Å². The zero-order valence-electron chi connectivity index (χ0n) is 13.8. The van der Waals surface area contributed by atoms with E-state index in [9.17, 15) is 4.79 Å². The number of aromatic amines is 1. The average molecular weight is 275 g/mol. The van der Waals surface area contributed by atoms with Crippen LogP contribution in [0.2, 0.25) is 0 Å². The molecular formula is C18H29NO. The molecule has 1 aromatic carbocycles. The van der Waals surface area contributed by atoms with Crippen LogP contribution in [0.4, 0.5) is 0 Å². The first-order valence-corrected chi connectivity index (χ1v) is 7.65. The fourth-order valence-electron chi connectivity index (χ4n) is 1.85. The number of aromatic nitrogens is 1. The lowest BCUT2D eigenvalue weighted by Crippen LogP contribution is -1.78. The third-order valence-corrected chi connectivity index (χ3v) is 3.19. The molecule has 112 valence electrons. The van der Waals surface area contributed by atoms with Gasteiger partial charge in [-0.1, -0.05) is 33.8 Å². The minimum absolute atomic E-state index is 0.708. The molecule has 0 aliphatic rings. The number of unbranched alkanes of at least 4 members (excludes halogenated alkanes) is 1. The molecule has 0 fully saturated rings. The lowest BCUT2D eigenvalue weighted by Gasteiger charge is -1.96. The molecular weight excluding hydrogens is 246 g/mol. The Morgan fingerprint density at radius 2 is 1.80 bits per heavy atom. The van der Waals surface area contributed by atoms with Gasteiger partial charge in [0.2, 0.25) is 0 Å². The summed E-state index contributed by atoms with van der Waals surface area (Å²) < 4.78 is 0. The Labute approximate surface area is 123 Å². The average Bonchev–Trinajstić information content (AvgIpc) is 2.77. The fraction of sp³-hybridized carbons (Fsp3) is 0.500. The molecule has 2 rings (SSSR count). The standard InChI is InChI=1S/C12H15N.C4H8O.C2H6/c1-4-10-5-6-12-11(7-10)8(2)9(3)13-12;1-2-3-4-5;1-2/h5-7,13H,4H2,1-3H3;4H,2-3H2,1H3;1-2H3. The predicted octanol–water partition coefficient (Wildman–Crippen LogP) is 5.36. The summed E-state index contributed by atoms with van der Waals surface area (Å²) in [5, 5.41) is 1.37.